The standard InChI is InChI=1S/C16H33N3O.HI/c1-3-8-14(11-12-20)13-18-16(17-4-2)19-15-9-6-5-7-10-15;/h14-15,20H,3-13H2,1-2H3,(H2,17,18,19);1H. The Bertz CT molecular complexity index is 262. The fourth-order valence-corrected chi connectivity index (χ4v) is 2.90. The van der Waals surface area contributed by atoms with Gasteiger partial charge in [0.2, 0.25) is 0 Å². The summed E-state index contributed by atoms with van der Waals surface area (Å²) in [7, 11) is 0. The van der Waals surface area contributed by atoms with Crippen LogP contribution in [0, 0.1) is 5.92 Å². The van der Waals surface area contributed by atoms with Gasteiger partial charge in [-0.15, -0.1) is 24.0 Å². The van der Waals surface area contributed by atoms with Crippen LogP contribution < -0.4 is 10.6 Å². The average Bonchev–Trinajstić information content (AvgIpc) is 2.46. The number of rotatable bonds is 8. The largest absolute Gasteiger partial charge is 0.396 e. The fourth-order valence-electron chi connectivity index (χ4n) is 2.90. The van der Waals surface area contributed by atoms with E-state index in [0.29, 0.717) is 12.0 Å². The molecule has 1 saturated carbocycles. The Morgan fingerprint density at radius 1 is 1.19 bits per heavy atom. The Morgan fingerprint density at radius 3 is 2.48 bits per heavy atom. The van der Waals surface area contributed by atoms with Gasteiger partial charge < -0.3 is 15.7 Å². The predicted molar refractivity (Wildman–Crippen MR) is 102 cm³/mol. The third-order valence-electron chi connectivity index (χ3n) is 4.03. The van der Waals surface area contributed by atoms with E-state index in [4.69, 9.17) is 10.1 Å². The highest BCUT2D eigenvalue weighted by Gasteiger charge is 2.14. The molecule has 0 amide bonds. The van der Waals surface area contributed by atoms with Crippen molar-refractivity contribution in [1.82, 2.24) is 10.6 Å². The Morgan fingerprint density at radius 2 is 1.90 bits per heavy atom. The lowest BCUT2D eigenvalue weighted by molar-refractivity contribution is 0.253. The first kappa shape index (κ1) is 21.0. The average molecular weight is 411 g/mol. The molecule has 5 heteroatoms. The summed E-state index contributed by atoms with van der Waals surface area (Å²) in [5.74, 6) is 1.46. The van der Waals surface area contributed by atoms with Gasteiger partial charge in [0.25, 0.3) is 0 Å². The smallest absolute Gasteiger partial charge is 0.191 e. The Balaban J connectivity index is 0.00000400. The van der Waals surface area contributed by atoms with Crippen molar-refractivity contribution >= 4 is 29.9 Å². The maximum absolute atomic E-state index is 9.11. The van der Waals surface area contributed by atoms with Crippen LogP contribution in [-0.4, -0.2) is 36.8 Å². The summed E-state index contributed by atoms with van der Waals surface area (Å²) >= 11 is 0. The number of hydrogen-bond donors (Lipinski definition) is 3. The molecular formula is C16H34IN3O. The lowest BCUT2D eigenvalue weighted by Crippen LogP contribution is -2.44. The number of guanidine groups is 1. The van der Waals surface area contributed by atoms with Crippen molar-refractivity contribution in [2.45, 2.75) is 71.3 Å². The number of nitrogens with zero attached hydrogens (tertiary/aromatic N) is 1. The molecule has 0 bridgehead atoms. The van der Waals surface area contributed by atoms with Crippen molar-refractivity contribution in [2.24, 2.45) is 10.9 Å². The molecule has 0 saturated heterocycles. The molecule has 1 rings (SSSR count). The Labute approximate surface area is 147 Å². The summed E-state index contributed by atoms with van der Waals surface area (Å²) in [5.41, 5.74) is 0. The van der Waals surface area contributed by atoms with Crippen LogP contribution in [0.1, 0.15) is 65.2 Å². The van der Waals surface area contributed by atoms with Gasteiger partial charge in [-0.1, -0.05) is 32.6 Å². The predicted octanol–water partition coefficient (Wildman–Crippen LogP) is 3.29. The molecule has 4 nitrogen and oxygen atoms in total. The van der Waals surface area contributed by atoms with Crippen LogP contribution in [0.4, 0.5) is 0 Å². The van der Waals surface area contributed by atoms with Gasteiger partial charge in [0.15, 0.2) is 5.96 Å². The molecule has 0 spiro atoms. The molecule has 1 atom stereocenters. The summed E-state index contributed by atoms with van der Waals surface area (Å²) in [5, 5.41) is 16.0. The first-order chi connectivity index (χ1) is 9.80. The van der Waals surface area contributed by atoms with E-state index >= 15 is 0 Å². The molecule has 21 heavy (non-hydrogen) atoms. The summed E-state index contributed by atoms with van der Waals surface area (Å²) in [6, 6.07) is 0.587. The molecular weight excluding hydrogens is 377 g/mol. The number of hydrogen-bond acceptors (Lipinski definition) is 2. The molecule has 126 valence electrons. The Hall–Kier alpha value is -0.0400. The van der Waals surface area contributed by atoms with Gasteiger partial charge in [-0.2, -0.15) is 0 Å². The van der Waals surface area contributed by atoms with Gasteiger partial charge in [0.05, 0.1) is 0 Å². The molecule has 0 aromatic carbocycles. The number of nitrogens with one attached hydrogen (secondary N) is 2. The number of aliphatic hydroxyl groups is 1. The van der Waals surface area contributed by atoms with Gasteiger partial charge in [-0.05, 0) is 38.5 Å². The van der Waals surface area contributed by atoms with Crippen molar-refractivity contribution in [3.63, 3.8) is 0 Å². The molecule has 0 aromatic rings. The van der Waals surface area contributed by atoms with Crippen LogP contribution >= 0.6 is 24.0 Å². The first-order valence-electron chi connectivity index (χ1n) is 8.45. The van der Waals surface area contributed by atoms with Crippen LogP contribution in [-0.2, 0) is 0 Å². The molecule has 1 unspecified atom stereocenters. The number of aliphatic imine (C=N–C) groups is 1. The highest BCUT2D eigenvalue weighted by atomic mass is 127. The van der Waals surface area contributed by atoms with Crippen LogP contribution in [0.2, 0.25) is 0 Å². The van der Waals surface area contributed by atoms with E-state index < -0.39 is 0 Å². The van der Waals surface area contributed by atoms with Gasteiger partial charge >= 0.3 is 0 Å². The molecule has 1 aliphatic carbocycles. The summed E-state index contributed by atoms with van der Waals surface area (Å²) in [6.45, 7) is 6.29. The molecule has 3 N–H and O–H groups in total. The Kier molecular flexibility index (Phi) is 13.6. The maximum Gasteiger partial charge on any atom is 0.191 e. The lowest BCUT2D eigenvalue weighted by Gasteiger charge is -2.25. The van der Waals surface area contributed by atoms with E-state index in [-0.39, 0.29) is 30.6 Å². The second kappa shape index (κ2) is 13.6. The second-order valence-corrected chi connectivity index (χ2v) is 5.87. The van der Waals surface area contributed by atoms with Crippen molar-refractivity contribution in [2.75, 3.05) is 19.7 Å². The summed E-state index contributed by atoms with van der Waals surface area (Å²) in [6.07, 6.45) is 9.74. The van der Waals surface area contributed by atoms with Crippen LogP contribution in [0.5, 0.6) is 0 Å². The van der Waals surface area contributed by atoms with Gasteiger partial charge in [-0.3, -0.25) is 4.99 Å². The van der Waals surface area contributed by atoms with Gasteiger partial charge in [0, 0.05) is 25.7 Å². The monoisotopic (exact) mass is 411 g/mol. The molecule has 0 aliphatic heterocycles. The SMILES string of the molecule is CCCC(CCO)CN=C(NCC)NC1CCCCC1.I. The zero-order valence-electron chi connectivity index (χ0n) is 13.7. The summed E-state index contributed by atoms with van der Waals surface area (Å²) < 4.78 is 0. The van der Waals surface area contributed by atoms with Crippen molar-refractivity contribution in [3.05, 3.63) is 0 Å². The lowest BCUT2D eigenvalue weighted by atomic mass is 9.96. The topological polar surface area (TPSA) is 56.7 Å². The van der Waals surface area contributed by atoms with E-state index in [9.17, 15) is 0 Å². The van der Waals surface area contributed by atoms with E-state index in [0.717, 1.165) is 38.3 Å². The fraction of sp³-hybridized carbons (Fsp3) is 0.938. The first-order valence-corrected chi connectivity index (χ1v) is 8.45. The molecule has 0 aromatic heterocycles. The van der Waals surface area contributed by atoms with Gasteiger partial charge in [0.1, 0.15) is 0 Å². The van der Waals surface area contributed by atoms with Crippen molar-refractivity contribution in [1.29, 1.82) is 0 Å². The number of aliphatic hydroxyl groups excluding tert-OH is 1. The van der Waals surface area contributed by atoms with Crippen LogP contribution in [0.25, 0.3) is 0 Å². The quantitative estimate of drug-likeness (QED) is 0.326. The normalized spacial score (nSPS) is 18.0. The third kappa shape index (κ3) is 9.55. The molecule has 0 radical (unpaired) electrons. The highest BCUT2D eigenvalue weighted by molar-refractivity contribution is 14.0. The van der Waals surface area contributed by atoms with E-state index in [1.165, 1.54) is 32.1 Å². The van der Waals surface area contributed by atoms with Crippen molar-refractivity contribution < 1.29 is 5.11 Å². The third-order valence-corrected chi connectivity index (χ3v) is 4.03. The molecule has 1 aliphatic rings. The maximum atomic E-state index is 9.11. The minimum Gasteiger partial charge on any atom is -0.396 e. The minimum absolute atomic E-state index is 0. The van der Waals surface area contributed by atoms with Crippen molar-refractivity contribution in [3.8, 4) is 0 Å². The second-order valence-electron chi connectivity index (χ2n) is 5.87. The molecule has 1 fully saturated rings. The van der Waals surface area contributed by atoms with Crippen LogP contribution in [0.15, 0.2) is 4.99 Å². The highest BCUT2D eigenvalue weighted by Crippen LogP contribution is 2.17. The zero-order chi connectivity index (χ0) is 14.6. The van der Waals surface area contributed by atoms with E-state index in [1.807, 2.05) is 0 Å². The van der Waals surface area contributed by atoms with E-state index in [2.05, 4.69) is 24.5 Å². The number of halogens is 1. The van der Waals surface area contributed by atoms with E-state index in [1.54, 1.807) is 0 Å². The minimum atomic E-state index is 0. The van der Waals surface area contributed by atoms with Crippen LogP contribution in [0.3, 0.4) is 0 Å². The molecule has 0 heterocycles. The summed E-state index contributed by atoms with van der Waals surface area (Å²) in [4.78, 5) is 4.73. The van der Waals surface area contributed by atoms with Gasteiger partial charge in [-0.25, -0.2) is 0 Å². The zero-order valence-corrected chi connectivity index (χ0v) is 16.1.